The van der Waals surface area contributed by atoms with Gasteiger partial charge >= 0.3 is 0 Å². The first kappa shape index (κ1) is 15.8. The maximum absolute atomic E-state index is 12.1. The number of benzene rings is 1. The van der Waals surface area contributed by atoms with Crippen molar-refractivity contribution in [2.24, 2.45) is 0 Å². The first-order valence-corrected chi connectivity index (χ1v) is 8.10. The van der Waals surface area contributed by atoms with Gasteiger partial charge in [-0.05, 0) is 12.1 Å². The number of nitrogens with one attached hydrogen (secondary N) is 2. The molecule has 2 N–H and O–H groups in total. The maximum Gasteiger partial charge on any atom is 0.254 e. The largest absolute Gasteiger partial charge is 0.355 e. The molecule has 1 aromatic carbocycles. The monoisotopic (exact) mass is 344 g/mol. The number of rotatable bonds is 4. The molecule has 0 fully saturated rings. The van der Waals surface area contributed by atoms with Gasteiger partial charge < -0.3 is 10.6 Å². The van der Waals surface area contributed by atoms with Crippen LogP contribution in [0.25, 0.3) is 16.9 Å². The first-order chi connectivity index (χ1) is 12.8. The summed E-state index contributed by atoms with van der Waals surface area (Å²) in [5.41, 5.74) is 2.95. The number of nitrogens with zero attached hydrogens (tertiary/aromatic N) is 4. The van der Waals surface area contributed by atoms with Crippen LogP contribution < -0.4 is 10.6 Å². The van der Waals surface area contributed by atoms with Crippen LogP contribution in [-0.4, -0.2) is 32.3 Å². The number of carbonyl (C=O) groups excluding carboxylic acids is 1. The lowest BCUT2D eigenvalue weighted by molar-refractivity contribution is 0.0963. The van der Waals surface area contributed by atoms with Crippen molar-refractivity contribution in [2.45, 2.75) is 0 Å². The minimum Gasteiger partial charge on any atom is -0.355 e. The number of imidazole rings is 1. The van der Waals surface area contributed by atoms with E-state index in [2.05, 4.69) is 20.6 Å². The highest BCUT2D eigenvalue weighted by Gasteiger charge is 2.14. The third kappa shape index (κ3) is 2.86. The van der Waals surface area contributed by atoms with E-state index in [0.717, 1.165) is 16.9 Å². The summed E-state index contributed by atoms with van der Waals surface area (Å²) in [6.07, 6.45) is 5.14. The van der Waals surface area contributed by atoms with Crippen molar-refractivity contribution in [3.8, 4) is 11.3 Å². The molecule has 7 nitrogen and oxygen atoms in total. The Morgan fingerprint density at radius 1 is 1.04 bits per heavy atom. The van der Waals surface area contributed by atoms with Crippen LogP contribution in [0.4, 0.5) is 11.8 Å². The number of hydrogen-bond donors (Lipinski definition) is 2. The SMILES string of the molecule is CNC(=O)c1cccnc1Nc1nc(-c2ccccc2)cc2nccn12. The van der Waals surface area contributed by atoms with Crippen molar-refractivity contribution in [3.63, 3.8) is 0 Å². The van der Waals surface area contributed by atoms with Gasteiger partial charge in [0.2, 0.25) is 5.95 Å². The van der Waals surface area contributed by atoms with E-state index in [1.807, 2.05) is 47.0 Å². The van der Waals surface area contributed by atoms with Crippen LogP contribution in [0.3, 0.4) is 0 Å². The molecule has 0 unspecified atom stereocenters. The van der Waals surface area contributed by atoms with Crippen LogP contribution in [0.15, 0.2) is 67.1 Å². The van der Waals surface area contributed by atoms with Crippen LogP contribution >= 0.6 is 0 Å². The summed E-state index contributed by atoms with van der Waals surface area (Å²) in [6.45, 7) is 0. The van der Waals surface area contributed by atoms with Gasteiger partial charge in [0, 0.05) is 37.3 Å². The average Bonchev–Trinajstić information content (AvgIpc) is 3.17. The van der Waals surface area contributed by atoms with E-state index < -0.39 is 0 Å². The Hall–Kier alpha value is -3.74. The molecule has 4 rings (SSSR count). The standard InChI is InChI=1S/C19H16N6O/c1-20-18(26)14-8-5-9-22-17(14)24-19-23-15(13-6-3-2-4-7-13)12-16-21-10-11-25(16)19/h2-12H,1H3,(H,20,26)(H,22,23,24). The van der Waals surface area contributed by atoms with Crippen LogP contribution in [0.2, 0.25) is 0 Å². The average molecular weight is 344 g/mol. The third-order valence-corrected chi connectivity index (χ3v) is 3.97. The lowest BCUT2D eigenvalue weighted by Crippen LogP contribution is -2.20. The van der Waals surface area contributed by atoms with E-state index in [0.29, 0.717) is 17.3 Å². The number of carbonyl (C=O) groups is 1. The van der Waals surface area contributed by atoms with Gasteiger partial charge in [0.15, 0.2) is 0 Å². The fourth-order valence-corrected chi connectivity index (χ4v) is 2.70. The summed E-state index contributed by atoms with van der Waals surface area (Å²) in [4.78, 5) is 25.5. The summed E-state index contributed by atoms with van der Waals surface area (Å²) < 4.78 is 1.81. The van der Waals surface area contributed by atoms with Crippen molar-refractivity contribution >= 4 is 23.3 Å². The van der Waals surface area contributed by atoms with Gasteiger partial charge in [-0.1, -0.05) is 30.3 Å². The van der Waals surface area contributed by atoms with Gasteiger partial charge in [-0.2, -0.15) is 0 Å². The Labute approximate surface area is 149 Å². The third-order valence-electron chi connectivity index (χ3n) is 3.97. The zero-order valence-electron chi connectivity index (χ0n) is 14.0. The molecule has 0 radical (unpaired) electrons. The minimum atomic E-state index is -0.221. The molecule has 3 aromatic heterocycles. The highest BCUT2D eigenvalue weighted by molar-refractivity contribution is 5.99. The number of pyridine rings is 1. The van der Waals surface area contributed by atoms with Crippen LogP contribution in [0.1, 0.15) is 10.4 Å². The number of anilines is 2. The molecule has 0 saturated carbocycles. The summed E-state index contributed by atoms with van der Waals surface area (Å²) in [7, 11) is 1.58. The Kier molecular flexibility index (Phi) is 4.03. The molecule has 3 heterocycles. The van der Waals surface area contributed by atoms with Crippen molar-refractivity contribution in [2.75, 3.05) is 12.4 Å². The number of fused-ring (bicyclic) bond motifs is 1. The second-order valence-corrected chi connectivity index (χ2v) is 5.59. The minimum absolute atomic E-state index is 0.221. The highest BCUT2D eigenvalue weighted by Crippen LogP contribution is 2.23. The normalized spacial score (nSPS) is 10.7. The zero-order chi connectivity index (χ0) is 17.9. The molecular formula is C19H16N6O. The summed E-state index contributed by atoms with van der Waals surface area (Å²) in [5, 5.41) is 5.79. The van der Waals surface area contributed by atoms with E-state index in [9.17, 15) is 4.79 Å². The molecule has 0 atom stereocenters. The molecule has 0 aliphatic rings. The summed E-state index contributed by atoms with van der Waals surface area (Å²) in [6, 6.07) is 15.2. The summed E-state index contributed by atoms with van der Waals surface area (Å²) >= 11 is 0. The Morgan fingerprint density at radius 3 is 2.69 bits per heavy atom. The van der Waals surface area contributed by atoms with Crippen molar-refractivity contribution in [3.05, 3.63) is 72.7 Å². The van der Waals surface area contributed by atoms with Gasteiger partial charge in [0.05, 0.1) is 11.3 Å². The maximum atomic E-state index is 12.1. The molecule has 128 valence electrons. The van der Waals surface area contributed by atoms with E-state index >= 15 is 0 Å². The Morgan fingerprint density at radius 2 is 1.88 bits per heavy atom. The summed E-state index contributed by atoms with van der Waals surface area (Å²) in [5.74, 6) is 0.740. The predicted molar refractivity (Wildman–Crippen MR) is 99.3 cm³/mol. The molecule has 4 aromatic rings. The van der Waals surface area contributed by atoms with Gasteiger partial charge in [-0.3, -0.25) is 9.20 Å². The second-order valence-electron chi connectivity index (χ2n) is 5.59. The molecule has 0 saturated heterocycles. The molecule has 1 amide bonds. The topological polar surface area (TPSA) is 84.2 Å². The zero-order valence-corrected chi connectivity index (χ0v) is 14.0. The lowest BCUT2D eigenvalue weighted by atomic mass is 10.1. The van der Waals surface area contributed by atoms with Crippen LogP contribution in [0.5, 0.6) is 0 Å². The van der Waals surface area contributed by atoms with Crippen LogP contribution in [0, 0.1) is 0 Å². The molecular weight excluding hydrogens is 328 g/mol. The van der Waals surface area contributed by atoms with E-state index in [1.54, 1.807) is 31.6 Å². The van der Waals surface area contributed by atoms with E-state index in [1.165, 1.54) is 0 Å². The van der Waals surface area contributed by atoms with Crippen molar-refractivity contribution in [1.82, 2.24) is 24.7 Å². The van der Waals surface area contributed by atoms with Gasteiger partial charge in [-0.15, -0.1) is 0 Å². The van der Waals surface area contributed by atoms with Gasteiger partial charge in [-0.25, -0.2) is 15.0 Å². The van der Waals surface area contributed by atoms with E-state index in [-0.39, 0.29) is 5.91 Å². The molecule has 26 heavy (non-hydrogen) atoms. The predicted octanol–water partition coefficient (Wildman–Crippen LogP) is 2.89. The molecule has 0 spiro atoms. The van der Waals surface area contributed by atoms with Crippen molar-refractivity contribution < 1.29 is 4.79 Å². The quantitative estimate of drug-likeness (QED) is 0.595. The number of aromatic nitrogens is 4. The Bertz CT molecular complexity index is 1070. The smallest absolute Gasteiger partial charge is 0.254 e. The Balaban J connectivity index is 1.82. The highest BCUT2D eigenvalue weighted by atomic mass is 16.1. The van der Waals surface area contributed by atoms with Gasteiger partial charge in [0.25, 0.3) is 5.91 Å². The van der Waals surface area contributed by atoms with Crippen molar-refractivity contribution in [1.29, 1.82) is 0 Å². The first-order valence-electron chi connectivity index (χ1n) is 8.10. The fraction of sp³-hybridized carbons (Fsp3) is 0.0526. The molecule has 7 heteroatoms. The fourth-order valence-electron chi connectivity index (χ4n) is 2.70. The van der Waals surface area contributed by atoms with Crippen LogP contribution in [-0.2, 0) is 0 Å². The second kappa shape index (κ2) is 6.64. The van der Waals surface area contributed by atoms with Gasteiger partial charge in [0.1, 0.15) is 11.5 Å². The van der Waals surface area contributed by atoms with E-state index in [4.69, 9.17) is 4.98 Å². The molecule has 0 bridgehead atoms. The number of hydrogen-bond acceptors (Lipinski definition) is 5. The lowest BCUT2D eigenvalue weighted by Gasteiger charge is -2.12. The number of amides is 1. The molecule has 0 aliphatic heterocycles. The molecule has 0 aliphatic carbocycles.